The molecule has 2 aliphatic carbocycles. The Morgan fingerprint density at radius 3 is 2.08 bits per heavy atom. The first kappa shape index (κ1) is 28.7. The van der Waals surface area contributed by atoms with E-state index in [1.54, 1.807) is 0 Å². The molecule has 0 fully saturated rings. The van der Waals surface area contributed by atoms with Gasteiger partial charge < -0.3 is 9.13 Å². The van der Waals surface area contributed by atoms with Crippen molar-refractivity contribution in [3.05, 3.63) is 174 Å². The van der Waals surface area contributed by atoms with Gasteiger partial charge in [0.25, 0.3) is 0 Å². The number of benzene rings is 6. The van der Waals surface area contributed by atoms with Gasteiger partial charge in [-0.25, -0.2) is 0 Å². The third-order valence-electron chi connectivity index (χ3n) is 11.6. The molecule has 1 aliphatic heterocycles. The fraction of sp³-hybridized carbons (Fsp3) is 0.102. The van der Waals surface area contributed by atoms with Crippen LogP contribution in [0.4, 0.5) is 0 Å². The molecule has 2 aromatic heterocycles. The van der Waals surface area contributed by atoms with Crippen molar-refractivity contribution >= 4 is 60.3 Å². The maximum Gasteiger partial charge on any atom is 0.0619 e. The average Bonchev–Trinajstić information content (AvgIpc) is 3.66. The molecule has 1 atom stereocenters. The van der Waals surface area contributed by atoms with Crippen molar-refractivity contribution in [2.75, 3.05) is 0 Å². The van der Waals surface area contributed by atoms with E-state index in [-0.39, 0.29) is 0 Å². The third kappa shape index (κ3) is 4.17. The second-order valence-corrected chi connectivity index (χ2v) is 14.4. The smallest absolute Gasteiger partial charge is 0.0619 e. The Labute approximate surface area is 297 Å². The second kappa shape index (κ2) is 10.9. The van der Waals surface area contributed by atoms with Crippen molar-refractivity contribution in [3.63, 3.8) is 0 Å². The molecule has 3 aliphatic rings. The van der Waals surface area contributed by atoms with E-state index in [0.29, 0.717) is 5.92 Å². The molecule has 2 heteroatoms. The zero-order valence-corrected chi connectivity index (χ0v) is 28.6. The fourth-order valence-corrected chi connectivity index (χ4v) is 9.22. The normalized spacial score (nSPS) is 16.6. The van der Waals surface area contributed by atoms with Crippen LogP contribution in [0.2, 0.25) is 0 Å². The summed E-state index contributed by atoms with van der Waals surface area (Å²) in [6.45, 7) is 2.37. The summed E-state index contributed by atoms with van der Waals surface area (Å²) in [7, 11) is 0. The summed E-state index contributed by atoms with van der Waals surface area (Å²) in [5, 5.41) is 5.15. The lowest BCUT2D eigenvalue weighted by Crippen LogP contribution is -2.05. The second-order valence-electron chi connectivity index (χ2n) is 14.4. The summed E-state index contributed by atoms with van der Waals surface area (Å²) in [6.07, 6.45) is 14.7. The molecular formula is C49H36N2. The maximum atomic E-state index is 2.53. The van der Waals surface area contributed by atoms with Gasteiger partial charge in [0.15, 0.2) is 0 Å². The molecule has 51 heavy (non-hydrogen) atoms. The van der Waals surface area contributed by atoms with E-state index >= 15 is 0 Å². The molecule has 0 N–H and O–H groups in total. The number of fused-ring (bicyclic) bond motifs is 10. The highest BCUT2D eigenvalue weighted by Gasteiger charge is 2.28. The van der Waals surface area contributed by atoms with Crippen LogP contribution in [0.1, 0.15) is 42.9 Å². The van der Waals surface area contributed by atoms with E-state index in [2.05, 4.69) is 174 Å². The molecule has 0 spiro atoms. The topological polar surface area (TPSA) is 9.86 Å². The molecule has 242 valence electrons. The largest absolute Gasteiger partial charge is 0.309 e. The summed E-state index contributed by atoms with van der Waals surface area (Å²) >= 11 is 0. The quantitative estimate of drug-likeness (QED) is 0.180. The van der Waals surface area contributed by atoms with Crippen molar-refractivity contribution in [1.82, 2.24) is 9.13 Å². The first-order valence-electron chi connectivity index (χ1n) is 18.3. The van der Waals surface area contributed by atoms with E-state index in [4.69, 9.17) is 0 Å². The van der Waals surface area contributed by atoms with Gasteiger partial charge in [-0.2, -0.15) is 0 Å². The predicted octanol–water partition coefficient (Wildman–Crippen LogP) is 13.1. The minimum atomic E-state index is 0.473. The lowest BCUT2D eigenvalue weighted by molar-refractivity contribution is 0.761. The van der Waals surface area contributed by atoms with E-state index < -0.39 is 0 Å². The monoisotopic (exact) mass is 652 g/mol. The first-order valence-corrected chi connectivity index (χ1v) is 18.3. The molecule has 0 radical (unpaired) electrons. The van der Waals surface area contributed by atoms with Crippen LogP contribution in [0.3, 0.4) is 0 Å². The van der Waals surface area contributed by atoms with Crippen LogP contribution in [0, 0.1) is 5.92 Å². The molecule has 0 bridgehead atoms. The molecule has 8 aromatic rings. The third-order valence-corrected chi connectivity index (χ3v) is 11.6. The average molecular weight is 653 g/mol. The molecule has 1 unspecified atom stereocenters. The Balaban J connectivity index is 1.09. The lowest BCUT2D eigenvalue weighted by atomic mass is 9.81. The summed E-state index contributed by atoms with van der Waals surface area (Å²) in [5.41, 5.74) is 18.2. The summed E-state index contributed by atoms with van der Waals surface area (Å²) in [4.78, 5) is 0. The number of nitrogens with zero attached hydrogens (tertiary/aromatic N) is 2. The van der Waals surface area contributed by atoms with E-state index in [1.165, 1.54) is 99.5 Å². The summed E-state index contributed by atoms with van der Waals surface area (Å²) in [5.74, 6) is 0.473. The fourth-order valence-electron chi connectivity index (χ4n) is 9.22. The minimum absolute atomic E-state index is 0.473. The highest BCUT2D eigenvalue weighted by molar-refractivity contribution is 6.18. The Kier molecular flexibility index (Phi) is 6.15. The van der Waals surface area contributed by atoms with E-state index in [9.17, 15) is 0 Å². The molecular weight excluding hydrogens is 617 g/mol. The van der Waals surface area contributed by atoms with Gasteiger partial charge in [-0.3, -0.25) is 0 Å². The van der Waals surface area contributed by atoms with Crippen LogP contribution in [0.15, 0.2) is 158 Å². The number of allylic oxidation sites excluding steroid dienone is 8. The molecule has 0 saturated carbocycles. The Morgan fingerprint density at radius 1 is 0.569 bits per heavy atom. The number of hydrogen-bond acceptors (Lipinski definition) is 0. The van der Waals surface area contributed by atoms with Gasteiger partial charge in [0.2, 0.25) is 0 Å². The first-order chi connectivity index (χ1) is 25.2. The highest BCUT2D eigenvalue weighted by Crippen LogP contribution is 2.48. The molecule has 3 heterocycles. The highest BCUT2D eigenvalue weighted by atomic mass is 15.0. The van der Waals surface area contributed by atoms with Crippen molar-refractivity contribution < 1.29 is 0 Å². The van der Waals surface area contributed by atoms with Crippen LogP contribution >= 0.6 is 0 Å². The predicted molar refractivity (Wildman–Crippen MR) is 217 cm³/mol. The minimum Gasteiger partial charge on any atom is -0.309 e. The lowest BCUT2D eigenvalue weighted by Gasteiger charge is -2.23. The van der Waals surface area contributed by atoms with Crippen LogP contribution < -0.4 is 0 Å². The SMILES string of the molecule is CC1CC=CC2=C1c1ccccc1-n1c3ccc(-c4ccc5c(c4)c4ccccc4n5-c4ccc(C5=CC=CCC5)cc4)cc3c3cccc2c31. The van der Waals surface area contributed by atoms with Crippen molar-refractivity contribution in [3.8, 4) is 22.5 Å². The van der Waals surface area contributed by atoms with Crippen molar-refractivity contribution in [1.29, 1.82) is 0 Å². The molecule has 0 saturated heterocycles. The van der Waals surface area contributed by atoms with Crippen molar-refractivity contribution in [2.24, 2.45) is 5.92 Å². The van der Waals surface area contributed by atoms with Gasteiger partial charge in [-0.15, -0.1) is 0 Å². The molecule has 0 amide bonds. The van der Waals surface area contributed by atoms with Crippen LogP contribution in [-0.2, 0) is 0 Å². The van der Waals surface area contributed by atoms with Crippen LogP contribution in [0.25, 0.3) is 82.8 Å². The summed E-state index contributed by atoms with van der Waals surface area (Å²) < 4.78 is 4.95. The number of rotatable bonds is 3. The number of aromatic nitrogens is 2. The van der Waals surface area contributed by atoms with Gasteiger partial charge in [0.1, 0.15) is 0 Å². The Hall–Kier alpha value is -6.12. The van der Waals surface area contributed by atoms with E-state index in [1.807, 2.05) is 0 Å². The zero-order chi connectivity index (χ0) is 33.6. The Bertz CT molecular complexity index is 2880. The molecule has 2 nitrogen and oxygen atoms in total. The molecule has 6 aromatic carbocycles. The van der Waals surface area contributed by atoms with Crippen molar-refractivity contribution in [2.45, 2.75) is 26.2 Å². The number of hydrogen-bond donors (Lipinski definition) is 0. The van der Waals surface area contributed by atoms with Gasteiger partial charge in [0.05, 0.1) is 27.8 Å². The van der Waals surface area contributed by atoms with Gasteiger partial charge in [-0.05, 0) is 107 Å². The summed E-state index contributed by atoms with van der Waals surface area (Å²) in [6, 6.07) is 48.0. The zero-order valence-electron chi connectivity index (χ0n) is 28.6. The van der Waals surface area contributed by atoms with E-state index in [0.717, 1.165) is 19.3 Å². The standard InChI is InChI=1S/C49H36N2/c1-31-11-9-16-38-39-17-10-18-40-43-30-35(24-28-47(43)51(49(39)40)45-20-8-6-15-41(45)48(31)38)34-23-27-46-42(29-34)37-14-5-7-19-44(37)50(46)36-25-21-33(22-26-36)32-12-3-2-4-13-32/h2-3,5-10,12,14-31H,4,11,13H2,1H3. The van der Waals surface area contributed by atoms with Crippen LogP contribution in [-0.4, -0.2) is 9.13 Å². The molecule has 11 rings (SSSR count). The number of para-hydroxylation sites is 3. The van der Waals surface area contributed by atoms with Gasteiger partial charge in [-0.1, -0.05) is 116 Å². The maximum absolute atomic E-state index is 2.53. The Morgan fingerprint density at radius 2 is 1.25 bits per heavy atom. The van der Waals surface area contributed by atoms with Gasteiger partial charge >= 0.3 is 0 Å². The van der Waals surface area contributed by atoms with Crippen LogP contribution in [0.5, 0.6) is 0 Å². The van der Waals surface area contributed by atoms with Gasteiger partial charge in [0, 0.05) is 38.4 Å².